The van der Waals surface area contributed by atoms with Crippen LogP contribution in [0.15, 0.2) is 23.8 Å². The maximum atomic E-state index is 11.0. The number of nitro benzene ring substituents is 1. The van der Waals surface area contributed by atoms with Gasteiger partial charge in [0.1, 0.15) is 10.5 Å². The fraction of sp³-hybridized carbons (Fsp3) is 0. The van der Waals surface area contributed by atoms with Crippen molar-refractivity contribution in [2.45, 2.75) is 0 Å². The Labute approximate surface area is 98.3 Å². The van der Waals surface area contributed by atoms with E-state index in [9.17, 15) is 10.1 Å². The van der Waals surface area contributed by atoms with Crippen LogP contribution in [0.2, 0.25) is 0 Å². The summed E-state index contributed by atoms with van der Waals surface area (Å²) in [5.41, 5.74) is 2.88. The maximum Gasteiger partial charge on any atom is 0.281 e. The number of fused-ring (bicyclic) bond motifs is 1. The van der Waals surface area contributed by atoms with Gasteiger partial charge < -0.3 is 0 Å². The summed E-state index contributed by atoms with van der Waals surface area (Å²) in [7, 11) is 0. The van der Waals surface area contributed by atoms with E-state index in [1.165, 1.54) is 23.6 Å². The van der Waals surface area contributed by atoms with Crippen LogP contribution >= 0.6 is 11.3 Å². The van der Waals surface area contributed by atoms with Gasteiger partial charge in [0.15, 0.2) is 0 Å². The molecular weight excluding hydrogens is 242 g/mol. The third-order valence-electron chi connectivity index (χ3n) is 2.34. The molecule has 2 aromatic heterocycles. The van der Waals surface area contributed by atoms with Gasteiger partial charge in [-0.25, -0.2) is 0 Å². The van der Waals surface area contributed by atoms with Crippen molar-refractivity contribution in [3.05, 3.63) is 34.0 Å². The number of hydrogen-bond donors (Lipinski definition) is 1. The summed E-state index contributed by atoms with van der Waals surface area (Å²) in [6.45, 7) is 0. The van der Waals surface area contributed by atoms with Gasteiger partial charge in [0, 0.05) is 11.6 Å². The Morgan fingerprint density at radius 1 is 1.41 bits per heavy atom. The molecule has 17 heavy (non-hydrogen) atoms. The minimum atomic E-state index is -0.428. The van der Waals surface area contributed by atoms with Crippen molar-refractivity contribution in [3.8, 4) is 10.6 Å². The van der Waals surface area contributed by atoms with Gasteiger partial charge in [0.05, 0.1) is 22.0 Å². The number of rotatable bonds is 2. The zero-order valence-corrected chi connectivity index (χ0v) is 9.14. The number of non-ortho nitro benzene ring substituents is 1. The van der Waals surface area contributed by atoms with Crippen molar-refractivity contribution < 1.29 is 4.92 Å². The number of nitrogens with zero attached hydrogens (tertiary/aromatic N) is 4. The van der Waals surface area contributed by atoms with Crippen LogP contribution in [0.1, 0.15) is 0 Å². The molecule has 8 heteroatoms. The zero-order chi connectivity index (χ0) is 11.8. The first-order valence-corrected chi connectivity index (χ1v) is 5.52. The third kappa shape index (κ3) is 1.54. The number of aromatic amines is 1. The average molecular weight is 247 g/mol. The molecule has 3 rings (SSSR count). The van der Waals surface area contributed by atoms with E-state index in [4.69, 9.17) is 0 Å². The number of aromatic nitrogens is 4. The molecule has 0 atom stereocenters. The van der Waals surface area contributed by atoms with Crippen LogP contribution < -0.4 is 0 Å². The normalized spacial score (nSPS) is 10.8. The molecule has 0 saturated heterocycles. The zero-order valence-electron chi connectivity index (χ0n) is 8.32. The molecule has 0 spiro atoms. The SMILES string of the molecule is O=[N+]([O-])c1cc(-c2nncs2)cc2[nH]ncc12. The molecular formula is C9H5N5O2S. The maximum absolute atomic E-state index is 11.0. The fourth-order valence-electron chi connectivity index (χ4n) is 1.61. The van der Waals surface area contributed by atoms with Crippen LogP contribution in [0, 0.1) is 10.1 Å². The van der Waals surface area contributed by atoms with Crippen LogP contribution in [-0.2, 0) is 0 Å². The van der Waals surface area contributed by atoms with Gasteiger partial charge in [-0.2, -0.15) is 5.10 Å². The molecule has 0 aliphatic rings. The molecule has 0 amide bonds. The van der Waals surface area contributed by atoms with Gasteiger partial charge in [-0.1, -0.05) is 11.3 Å². The fourth-order valence-corrected chi connectivity index (χ4v) is 2.15. The average Bonchev–Trinajstić information content (AvgIpc) is 2.98. The summed E-state index contributed by atoms with van der Waals surface area (Å²) in [4.78, 5) is 10.5. The van der Waals surface area contributed by atoms with Crippen LogP contribution in [0.3, 0.4) is 0 Å². The highest BCUT2D eigenvalue weighted by atomic mass is 32.1. The lowest BCUT2D eigenvalue weighted by Gasteiger charge is -1.97. The van der Waals surface area contributed by atoms with Gasteiger partial charge in [0.2, 0.25) is 0 Å². The number of hydrogen-bond acceptors (Lipinski definition) is 6. The van der Waals surface area contributed by atoms with E-state index in [1.807, 2.05) is 0 Å². The molecule has 0 saturated carbocycles. The van der Waals surface area contributed by atoms with Crippen LogP contribution in [-0.4, -0.2) is 25.3 Å². The monoisotopic (exact) mass is 247 g/mol. The lowest BCUT2D eigenvalue weighted by molar-refractivity contribution is -0.383. The first-order chi connectivity index (χ1) is 8.25. The Kier molecular flexibility index (Phi) is 2.08. The Balaban J connectivity index is 2.31. The highest BCUT2D eigenvalue weighted by Gasteiger charge is 2.16. The van der Waals surface area contributed by atoms with Crippen LogP contribution in [0.4, 0.5) is 5.69 Å². The molecule has 0 aliphatic heterocycles. The number of nitro groups is 1. The number of nitrogens with one attached hydrogen (secondary N) is 1. The van der Waals surface area contributed by atoms with Gasteiger partial charge in [-0.05, 0) is 6.07 Å². The van der Waals surface area contributed by atoms with Crippen LogP contribution in [0.5, 0.6) is 0 Å². The first kappa shape index (κ1) is 9.85. The second-order valence-corrected chi connectivity index (χ2v) is 4.16. The van der Waals surface area contributed by atoms with Gasteiger partial charge in [0.25, 0.3) is 5.69 Å². The summed E-state index contributed by atoms with van der Waals surface area (Å²) in [6, 6.07) is 3.26. The van der Waals surface area contributed by atoms with E-state index >= 15 is 0 Å². The molecule has 84 valence electrons. The highest BCUT2D eigenvalue weighted by Crippen LogP contribution is 2.31. The predicted octanol–water partition coefficient (Wildman–Crippen LogP) is 1.99. The van der Waals surface area contributed by atoms with Gasteiger partial charge >= 0.3 is 0 Å². The van der Waals surface area contributed by atoms with Crippen molar-refractivity contribution in [2.75, 3.05) is 0 Å². The summed E-state index contributed by atoms with van der Waals surface area (Å²) in [5, 5.41) is 26.2. The topological polar surface area (TPSA) is 97.6 Å². The van der Waals surface area contributed by atoms with Crippen molar-refractivity contribution in [3.63, 3.8) is 0 Å². The van der Waals surface area contributed by atoms with Gasteiger partial charge in [-0.3, -0.25) is 15.2 Å². The predicted molar refractivity (Wildman–Crippen MR) is 61.7 cm³/mol. The van der Waals surface area contributed by atoms with Crippen LogP contribution in [0.25, 0.3) is 21.5 Å². The highest BCUT2D eigenvalue weighted by molar-refractivity contribution is 7.12. The minimum Gasteiger partial charge on any atom is -0.278 e. The molecule has 0 aliphatic carbocycles. The Hall–Kier alpha value is -2.35. The van der Waals surface area contributed by atoms with E-state index in [0.29, 0.717) is 21.5 Å². The van der Waals surface area contributed by atoms with Gasteiger partial charge in [-0.15, -0.1) is 10.2 Å². The summed E-state index contributed by atoms with van der Waals surface area (Å²) in [6.07, 6.45) is 1.44. The standard InChI is InChI=1S/C9H5N5O2S/c15-14(16)8-2-5(9-13-11-4-17-9)1-7-6(8)3-10-12-7/h1-4H,(H,10,12). The van der Waals surface area contributed by atoms with E-state index in [0.717, 1.165) is 0 Å². The number of H-pyrrole nitrogens is 1. The first-order valence-electron chi connectivity index (χ1n) is 4.64. The van der Waals surface area contributed by atoms with E-state index in [1.54, 1.807) is 11.6 Å². The lowest BCUT2D eigenvalue weighted by atomic mass is 10.1. The Morgan fingerprint density at radius 2 is 2.29 bits per heavy atom. The summed E-state index contributed by atoms with van der Waals surface area (Å²) < 4.78 is 0. The molecule has 2 heterocycles. The van der Waals surface area contributed by atoms with E-state index in [-0.39, 0.29) is 5.69 Å². The molecule has 1 N–H and O–H groups in total. The quantitative estimate of drug-likeness (QED) is 0.551. The second kappa shape index (κ2) is 3.59. The second-order valence-electron chi connectivity index (χ2n) is 3.33. The third-order valence-corrected chi connectivity index (χ3v) is 3.08. The van der Waals surface area contributed by atoms with E-state index in [2.05, 4.69) is 20.4 Å². The summed E-state index contributed by atoms with van der Waals surface area (Å²) >= 11 is 1.33. The molecule has 7 nitrogen and oxygen atoms in total. The van der Waals surface area contributed by atoms with Crippen molar-refractivity contribution in [1.29, 1.82) is 0 Å². The molecule has 0 radical (unpaired) electrons. The minimum absolute atomic E-state index is 0.0152. The smallest absolute Gasteiger partial charge is 0.278 e. The summed E-state index contributed by atoms with van der Waals surface area (Å²) in [5.74, 6) is 0. The molecule has 0 fully saturated rings. The molecule has 0 bridgehead atoms. The van der Waals surface area contributed by atoms with Crippen molar-refractivity contribution in [1.82, 2.24) is 20.4 Å². The molecule has 1 aromatic carbocycles. The van der Waals surface area contributed by atoms with Crippen molar-refractivity contribution >= 4 is 27.9 Å². The largest absolute Gasteiger partial charge is 0.281 e. The molecule has 3 aromatic rings. The van der Waals surface area contributed by atoms with Crippen molar-refractivity contribution in [2.24, 2.45) is 0 Å². The Morgan fingerprint density at radius 3 is 3.00 bits per heavy atom. The lowest BCUT2D eigenvalue weighted by Crippen LogP contribution is -1.90. The Bertz CT molecular complexity index is 691. The molecule has 0 unspecified atom stereocenters. The van der Waals surface area contributed by atoms with E-state index < -0.39 is 4.92 Å². The number of benzene rings is 1.